The molecule has 0 spiro atoms. The third-order valence-corrected chi connectivity index (χ3v) is 25.6. The molecule has 0 aliphatic carbocycles. The number of methoxy groups -OCH3 is 3. The Balaban J connectivity index is 0.000000178. The van der Waals surface area contributed by atoms with Gasteiger partial charge in [-0.25, -0.2) is 71.0 Å². The highest BCUT2D eigenvalue weighted by atomic mass is 35.5. The second kappa shape index (κ2) is 43.8. The van der Waals surface area contributed by atoms with Crippen LogP contribution >= 0.6 is 34.8 Å². The minimum absolute atomic E-state index is 0.126. The van der Waals surface area contributed by atoms with E-state index in [9.17, 15) is 77.7 Å². The Bertz CT molecular complexity index is 7940. The minimum Gasteiger partial charge on any atom is -0.467 e. The number of pyridine rings is 4. The van der Waals surface area contributed by atoms with Crippen molar-refractivity contribution in [1.82, 2.24) is 35.9 Å². The monoisotopic (exact) mass is 2010 g/mol. The summed E-state index contributed by atoms with van der Waals surface area (Å²) < 4.78 is 199. The molecule has 41 heteroatoms. The molecular formula is C99H69Cl3F7N13O15S3. The molecule has 0 saturated heterocycles. The van der Waals surface area contributed by atoms with E-state index < -0.39 is 158 Å². The van der Waals surface area contributed by atoms with E-state index >= 15 is 17.6 Å². The van der Waals surface area contributed by atoms with E-state index in [1.165, 1.54) is 85.1 Å². The van der Waals surface area contributed by atoms with Crippen LogP contribution in [0.25, 0.3) is 77.2 Å². The molecule has 11 aromatic carbocycles. The highest BCUT2D eigenvalue weighted by Gasteiger charge is 2.34. The number of amides is 3. The number of carbonyl (C=O) groups is 6. The van der Waals surface area contributed by atoms with Crippen molar-refractivity contribution in [2.75, 3.05) is 41.8 Å². The summed E-state index contributed by atoms with van der Waals surface area (Å²) in [5, 5.41) is 37.3. The summed E-state index contributed by atoms with van der Waals surface area (Å²) in [5.74, 6) is -15.4. The number of benzene rings is 11. The topological polar surface area (TPSA) is 428 Å². The molecule has 6 N–H and O–H groups in total. The van der Waals surface area contributed by atoms with Crippen LogP contribution < -0.4 is 30.1 Å². The van der Waals surface area contributed by atoms with Gasteiger partial charge in [0.15, 0.2) is 0 Å². The van der Waals surface area contributed by atoms with Crippen LogP contribution in [0.15, 0.2) is 265 Å². The molecule has 0 aliphatic rings. The molecule has 0 fully saturated rings. The first-order valence-electron chi connectivity index (χ1n) is 41.0. The molecule has 28 nitrogen and oxygen atoms in total. The Morgan fingerprint density at radius 1 is 0.350 bits per heavy atom. The highest BCUT2D eigenvalue weighted by Crippen LogP contribution is 2.40. The third-order valence-electron chi connectivity index (χ3n) is 21.3. The van der Waals surface area contributed by atoms with Crippen molar-refractivity contribution in [2.45, 2.75) is 47.2 Å². The van der Waals surface area contributed by atoms with Crippen LogP contribution in [0, 0.1) is 74.8 Å². The van der Waals surface area contributed by atoms with Crippen molar-refractivity contribution in [3.8, 4) is 62.7 Å². The third kappa shape index (κ3) is 23.7. The fourth-order valence-corrected chi connectivity index (χ4v) is 18.3. The predicted molar refractivity (Wildman–Crippen MR) is 507 cm³/mol. The van der Waals surface area contributed by atoms with Crippen molar-refractivity contribution < 1.29 is 99.0 Å². The average Bonchev–Trinajstić information content (AvgIpc) is 0.780. The first kappa shape index (κ1) is 101. The van der Waals surface area contributed by atoms with Crippen molar-refractivity contribution in [2.24, 2.45) is 0 Å². The fourth-order valence-electron chi connectivity index (χ4n) is 14.8. The molecule has 0 unspecified atom stereocenters. The van der Waals surface area contributed by atoms with Crippen LogP contribution in [0.3, 0.4) is 0 Å². The Morgan fingerprint density at radius 2 is 0.657 bits per heavy atom. The smallest absolute Gasteiger partial charge is 0.328 e. The van der Waals surface area contributed by atoms with E-state index in [-0.39, 0.29) is 29.1 Å². The van der Waals surface area contributed by atoms with Gasteiger partial charge in [-0.2, -0.15) is 20.2 Å². The van der Waals surface area contributed by atoms with Gasteiger partial charge < -0.3 is 30.2 Å². The minimum atomic E-state index is -4.36. The molecule has 4 aromatic heterocycles. The highest BCUT2D eigenvalue weighted by molar-refractivity contribution is 7.93. The van der Waals surface area contributed by atoms with Crippen LogP contribution in [-0.4, -0.2) is 127 Å². The quantitative estimate of drug-likeness (QED) is 0.0120. The summed E-state index contributed by atoms with van der Waals surface area (Å²) >= 11 is 19.4. The van der Waals surface area contributed by atoms with E-state index in [1.54, 1.807) is 134 Å². The number of anilines is 3. The molecule has 4 heterocycles. The maximum absolute atomic E-state index is 15.3. The molecule has 0 saturated carbocycles. The first-order valence-corrected chi connectivity index (χ1v) is 46.9. The van der Waals surface area contributed by atoms with E-state index in [2.05, 4.69) is 45.3 Å². The van der Waals surface area contributed by atoms with Crippen LogP contribution in [0.5, 0.6) is 0 Å². The maximum atomic E-state index is 15.3. The zero-order valence-electron chi connectivity index (χ0n) is 72.9. The van der Waals surface area contributed by atoms with Gasteiger partial charge in [-0.3, -0.25) is 43.5 Å². The number of aromatic nitrogens is 4. The van der Waals surface area contributed by atoms with Crippen LogP contribution in [0.4, 0.5) is 47.8 Å². The van der Waals surface area contributed by atoms with Crippen molar-refractivity contribution in [3.05, 3.63) is 361 Å². The van der Waals surface area contributed by atoms with Gasteiger partial charge in [0.1, 0.15) is 69.7 Å². The Morgan fingerprint density at radius 3 is 0.950 bits per heavy atom. The van der Waals surface area contributed by atoms with Gasteiger partial charge in [0.2, 0.25) is 16.0 Å². The molecule has 0 bridgehead atoms. The zero-order chi connectivity index (χ0) is 101. The molecule has 140 heavy (non-hydrogen) atoms. The second-order valence-electron chi connectivity index (χ2n) is 30.4. The average molecular weight is 2020 g/mol. The second-order valence-corrected chi connectivity index (χ2v) is 36.8. The van der Waals surface area contributed by atoms with Gasteiger partial charge in [-0.1, -0.05) is 138 Å². The Kier molecular flexibility index (Phi) is 31.7. The Labute approximate surface area is 808 Å². The van der Waals surface area contributed by atoms with Crippen LogP contribution in [-0.2, 0) is 77.9 Å². The normalized spacial score (nSPS) is 11.8. The van der Waals surface area contributed by atoms with E-state index in [0.717, 1.165) is 27.6 Å². The summed E-state index contributed by atoms with van der Waals surface area (Å²) in [5.41, 5.74) is 4.63. The molecule has 3 amide bonds. The lowest BCUT2D eigenvalue weighted by molar-refractivity contribution is -0.143. The number of hydrogen-bond donors (Lipinski definition) is 6. The van der Waals surface area contributed by atoms with Gasteiger partial charge >= 0.3 is 17.9 Å². The number of halogens is 10. The number of ether oxygens (including phenoxy) is 3. The van der Waals surface area contributed by atoms with Gasteiger partial charge in [-0.15, -0.1) is 0 Å². The Hall–Kier alpha value is -16.3. The number of hydrogen-bond acceptors (Lipinski definition) is 22. The largest absolute Gasteiger partial charge is 0.467 e. The van der Waals surface area contributed by atoms with Gasteiger partial charge in [0.25, 0.3) is 37.8 Å². The zero-order valence-corrected chi connectivity index (χ0v) is 77.6. The standard InChI is InChI=1S/C38H25ClF3N5O5S.C33H23ClF2N4O5S.C28H21ClF2N4O5S/c1-52-38(49)33(16-24-7-11-29(36-27(24)3-2-13-45-36)28-10-4-21(20-43)15-30(28)39)46-37(48)35-31(40)18-25(19-32(35)41)47-53(50,51)26-8-5-22(6-9-26)23-12-14-44-34(42)17-23;1-45-33(42)29(15-20-10-12-25(31-23(20)8-5-13-38-31)24-11-9-19(18-37)14-26(24)34)39-32(41)30-27(35)16-21(17-28(30)36)40-46(43,44)22-6-3-2-4-7-22;1-40-28(37)24(34-27(36)25-22(30)12-17(13-23(25)31)35-41(2,38)39)11-16-6-8-20(26-18(16)4-3-9-33-26)19-7-5-15(14-32)10-21(19)29/h2-15,17-19,33,47H,16H2,1H3,(H,46,48);2-14,16-17,29,40H,15H2,1H3,(H,39,41);3-10,12-13,24,35H,11H2,1-2H3,(H,34,36)/t33-;29-;24-/m000/s1. The first-order chi connectivity index (χ1) is 66.8. The lowest BCUT2D eigenvalue weighted by atomic mass is 9.94. The molecule has 0 radical (unpaired) electrons. The predicted octanol–water partition coefficient (Wildman–Crippen LogP) is 17.8. The number of esters is 3. The summed E-state index contributed by atoms with van der Waals surface area (Å²) in [6, 6.07) is 56.1. The molecule has 15 aromatic rings. The number of sulfonamides is 3. The SMILES string of the molecule is COC(=O)[C@H](Cc1ccc(-c2ccc(C#N)cc2Cl)c2ncccc12)NC(=O)c1c(F)cc(NS(=O)(=O)c2ccc(-c3ccnc(F)c3)cc2)cc1F.COC(=O)[C@H](Cc1ccc(-c2ccc(C#N)cc2Cl)c2ncccc12)NC(=O)c1c(F)cc(NS(=O)(=O)c2ccccc2)cc1F.COC(=O)[C@H](Cc1ccc(-c2ccc(C#N)cc2Cl)c2ncccc12)NC(=O)c1c(F)cc(NS(C)(=O)=O)cc1F. The molecular weight excluding hydrogens is 1950 g/mol. The van der Waals surface area contributed by atoms with E-state index in [4.69, 9.17) is 54.3 Å². The summed E-state index contributed by atoms with van der Waals surface area (Å²) in [7, 11) is -9.05. The van der Waals surface area contributed by atoms with Crippen molar-refractivity contribution in [1.29, 1.82) is 15.8 Å². The van der Waals surface area contributed by atoms with E-state index in [0.29, 0.717) is 162 Å². The van der Waals surface area contributed by atoms with Gasteiger partial charge in [-0.05, 0) is 149 Å². The van der Waals surface area contributed by atoms with Crippen LogP contribution in [0.2, 0.25) is 15.1 Å². The van der Waals surface area contributed by atoms with Gasteiger partial charge in [0, 0.05) is 115 Å². The molecule has 0 aliphatic heterocycles. The number of nitrogens with zero attached hydrogens (tertiary/aromatic N) is 7. The summed E-state index contributed by atoms with van der Waals surface area (Å²) in [4.78, 5) is 94.1. The molecule has 15 rings (SSSR count). The molecule has 3 atom stereocenters. The maximum Gasteiger partial charge on any atom is 0.328 e. The summed E-state index contributed by atoms with van der Waals surface area (Å²) in [6.07, 6.45) is 6.33. The van der Waals surface area contributed by atoms with E-state index in [1.807, 2.05) is 22.9 Å². The van der Waals surface area contributed by atoms with Crippen LogP contribution in [0.1, 0.15) is 64.5 Å². The lowest BCUT2D eigenvalue weighted by Crippen LogP contribution is -2.43. The molecule has 708 valence electrons. The number of carbonyl (C=O) groups excluding carboxylic acids is 6. The number of rotatable bonds is 27. The number of nitrogens with one attached hydrogen (secondary N) is 6. The van der Waals surface area contributed by atoms with Crippen molar-refractivity contribution in [3.63, 3.8) is 0 Å². The lowest BCUT2D eigenvalue weighted by Gasteiger charge is -2.19. The van der Waals surface area contributed by atoms with Crippen molar-refractivity contribution >= 4 is 150 Å². The fraction of sp³-hybridized carbons (Fsp3) is 0.101. The van der Waals surface area contributed by atoms with Gasteiger partial charge in [0.05, 0.1) is 106 Å². The number of fused-ring (bicyclic) bond motifs is 3. The number of nitriles is 3. The summed E-state index contributed by atoms with van der Waals surface area (Å²) in [6.45, 7) is 0.